The second-order valence-electron chi connectivity index (χ2n) is 9.07. The number of aliphatic imine (C=N–C) groups is 1. The van der Waals surface area contributed by atoms with Crippen LogP contribution in [0.15, 0.2) is 23.2 Å². The Morgan fingerprint density at radius 2 is 1.79 bits per heavy atom. The number of nitrogens with one attached hydrogen (secondary N) is 2. The highest BCUT2D eigenvalue weighted by molar-refractivity contribution is 5.85. The summed E-state index contributed by atoms with van der Waals surface area (Å²) in [5.74, 6) is -0.262. The Morgan fingerprint density at radius 3 is 2.21 bits per heavy atom. The van der Waals surface area contributed by atoms with E-state index in [2.05, 4.69) is 15.2 Å². The maximum Gasteiger partial charge on any atom is 0.416 e. The van der Waals surface area contributed by atoms with Crippen molar-refractivity contribution in [3.63, 3.8) is 0 Å². The van der Waals surface area contributed by atoms with Gasteiger partial charge in [-0.05, 0) is 50.6 Å². The van der Waals surface area contributed by atoms with Gasteiger partial charge in [0.05, 0.1) is 17.7 Å². The van der Waals surface area contributed by atoms with Crippen LogP contribution in [-0.4, -0.2) is 84.5 Å². The lowest BCUT2D eigenvalue weighted by Crippen LogP contribution is -2.46. The zero-order valence-electron chi connectivity index (χ0n) is 21.4. The number of halogens is 6. The standard InChI is InChI=1S/C19H24F6N4.C5H8N2O2/c1-4-15-9-16(11-28(15)3)29(17(26)27-5-2)10-12-6-13(18(20,21)22)8-14(7-12)19(23,24)25;8-4-7-2-1-6-5(9)3-7/h5-8,15-16,26H,4,9-11H2,1-3H3;4H,1-3H2,(H,6,9)/b26-17?,27-5-;/t15-,16?;/m1./s1. The first-order valence-corrected chi connectivity index (χ1v) is 12.0. The maximum absolute atomic E-state index is 13.1. The van der Waals surface area contributed by atoms with Gasteiger partial charge in [-0.25, -0.2) is 4.99 Å². The molecule has 1 aromatic rings. The first kappa shape index (κ1) is 31.1. The van der Waals surface area contributed by atoms with Crippen molar-refractivity contribution in [2.75, 3.05) is 33.2 Å². The Labute approximate surface area is 217 Å². The number of nitrogens with zero attached hydrogens (tertiary/aromatic N) is 4. The van der Waals surface area contributed by atoms with Gasteiger partial charge in [-0.1, -0.05) is 6.92 Å². The number of carbonyl (C=O) groups excluding carboxylic acids is 2. The molecular formula is C24H32F6N6O2. The van der Waals surface area contributed by atoms with E-state index in [1.165, 1.54) is 16.0 Å². The van der Waals surface area contributed by atoms with Crippen LogP contribution in [0.5, 0.6) is 0 Å². The van der Waals surface area contributed by atoms with Crippen molar-refractivity contribution in [3.8, 4) is 0 Å². The van der Waals surface area contributed by atoms with Crippen molar-refractivity contribution in [1.29, 1.82) is 5.41 Å². The molecule has 1 unspecified atom stereocenters. The van der Waals surface area contributed by atoms with E-state index in [0.29, 0.717) is 44.6 Å². The average Bonchev–Trinajstić information content (AvgIpc) is 3.22. The third kappa shape index (κ3) is 8.71. The number of amides is 2. The van der Waals surface area contributed by atoms with E-state index in [1.54, 1.807) is 6.92 Å². The monoisotopic (exact) mass is 550 g/mol. The maximum atomic E-state index is 13.1. The number of hydrogen-bond acceptors (Lipinski definition) is 4. The van der Waals surface area contributed by atoms with Crippen molar-refractivity contribution in [2.45, 2.75) is 57.7 Å². The summed E-state index contributed by atoms with van der Waals surface area (Å²) in [6.45, 7) is 5.31. The average molecular weight is 551 g/mol. The molecule has 1 aromatic carbocycles. The van der Waals surface area contributed by atoms with Crippen molar-refractivity contribution < 1.29 is 35.9 Å². The fourth-order valence-electron chi connectivity index (χ4n) is 4.38. The van der Waals surface area contributed by atoms with Gasteiger partial charge in [-0.2, -0.15) is 26.3 Å². The van der Waals surface area contributed by atoms with Gasteiger partial charge in [0.15, 0.2) is 0 Å². The fourth-order valence-corrected chi connectivity index (χ4v) is 4.38. The smallest absolute Gasteiger partial charge is 0.353 e. The topological polar surface area (TPSA) is 92.1 Å². The predicted octanol–water partition coefficient (Wildman–Crippen LogP) is 3.61. The second-order valence-corrected chi connectivity index (χ2v) is 9.07. The minimum atomic E-state index is -4.91. The zero-order valence-corrected chi connectivity index (χ0v) is 21.4. The summed E-state index contributed by atoms with van der Waals surface area (Å²) in [7, 11) is 1.91. The summed E-state index contributed by atoms with van der Waals surface area (Å²) in [6, 6.07) is 1.53. The lowest BCUT2D eigenvalue weighted by Gasteiger charge is -2.29. The summed E-state index contributed by atoms with van der Waals surface area (Å²) in [5, 5.41) is 10.8. The molecule has 2 heterocycles. The molecule has 0 aliphatic carbocycles. The normalized spacial score (nSPS) is 20.7. The van der Waals surface area contributed by atoms with E-state index in [1.807, 2.05) is 14.0 Å². The SMILES string of the molecule is C/C=N\C(=N)N(Cc1cc(C(F)(F)F)cc(C(F)(F)F)c1)C1C[C@@H](CC)N(C)C1.O=CN1CCNC(=O)C1. The van der Waals surface area contributed by atoms with E-state index < -0.39 is 23.5 Å². The molecule has 2 atom stereocenters. The molecule has 8 nitrogen and oxygen atoms in total. The van der Waals surface area contributed by atoms with Gasteiger partial charge in [-0.15, -0.1) is 0 Å². The molecule has 0 saturated carbocycles. The van der Waals surface area contributed by atoms with Gasteiger partial charge in [-0.3, -0.25) is 15.0 Å². The number of hydrogen-bond donors (Lipinski definition) is 2. The van der Waals surface area contributed by atoms with Crippen LogP contribution in [-0.2, 0) is 28.5 Å². The summed E-state index contributed by atoms with van der Waals surface area (Å²) in [5.41, 5.74) is -2.88. The molecule has 212 valence electrons. The van der Waals surface area contributed by atoms with Gasteiger partial charge in [0.25, 0.3) is 0 Å². The van der Waals surface area contributed by atoms with Crippen LogP contribution in [0.3, 0.4) is 0 Å². The van der Waals surface area contributed by atoms with E-state index in [4.69, 9.17) is 5.41 Å². The summed E-state index contributed by atoms with van der Waals surface area (Å²) >= 11 is 0. The second kappa shape index (κ2) is 13.1. The molecule has 0 bridgehead atoms. The number of alkyl halides is 6. The van der Waals surface area contributed by atoms with E-state index >= 15 is 0 Å². The lowest BCUT2D eigenvalue weighted by molar-refractivity contribution is -0.143. The van der Waals surface area contributed by atoms with E-state index in [0.717, 1.165) is 6.42 Å². The minimum absolute atomic E-state index is 0.0756. The highest BCUT2D eigenvalue weighted by Gasteiger charge is 2.38. The Hall–Kier alpha value is -3.16. The number of piperazine rings is 1. The van der Waals surface area contributed by atoms with Crippen LogP contribution in [0.4, 0.5) is 26.3 Å². The molecule has 2 amide bonds. The summed E-state index contributed by atoms with van der Waals surface area (Å²) in [4.78, 5) is 29.5. The molecule has 0 radical (unpaired) electrons. The van der Waals surface area contributed by atoms with E-state index in [-0.39, 0.29) is 48.7 Å². The fraction of sp³-hybridized carbons (Fsp3) is 0.583. The first-order chi connectivity index (χ1) is 17.7. The largest absolute Gasteiger partial charge is 0.416 e. The number of likely N-dealkylation sites (tertiary alicyclic amines) is 1. The van der Waals surface area contributed by atoms with E-state index in [9.17, 15) is 35.9 Å². The minimum Gasteiger partial charge on any atom is -0.353 e. The molecule has 0 spiro atoms. The quantitative estimate of drug-likeness (QED) is 0.254. The lowest BCUT2D eigenvalue weighted by atomic mass is 10.0. The van der Waals surface area contributed by atoms with Crippen molar-refractivity contribution in [3.05, 3.63) is 34.9 Å². The van der Waals surface area contributed by atoms with Crippen molar-refractivity contribution >= 4 is 24.5 Å². The molecule has 2 fully saturated rings. The van der Waals surface area contributed by atoms with Gasteiger partial charge in [0.2, 0.25) is 18.3 Å². The molecule has 2 aliphatic heterocycles. The molecular weight excluding hydrogens is 518 g/mol. The first-order valence-electron chi connectivity index (χ1n) is 12.0. The highest BCUT2D eigenvalue weighted by Crippen LogP contribution is 2.37. The molecule has 38 heavy (non-hydrogen) atoms. The van der Waals surface area contributed by atoms with Gasteiger partial charge in [0.1, 0.15) is 0 Å². The molecule has 2 aliphatic rings. The Balaban J connectivity index is 0.000000474. The Morgan fingerprint density at radius 1 is 1.18 bits per heavy atom. The van der Waals surface area contributed by atoms with Gasteiger partial charge < -0.3 is 20.0 Å². The Kier molecular flexibility index (Phi) is 10.7. The van der Waals surface area contributed by atoms with Gasteiger partial charge >= 0.3 is 12.4 Å². The third-order valence-corrected chi connectivity index (χ3v) is 6.32. The number of benzene rings is 1. The number of guanidine groups is 1. The van der Waals surface area contributed by atoms with Crippen molar-refractivity contribution in [2.24, 2.45) is 4.99 Å². The molecule has 2 saturated heterocycles. The summed E-state index contributed by atoms with van der Waals surface area (Å²) in [6.07, 6.45) is -6.24. The zero-order chi connectivity index (χ0) is 28.7. The molecule has 3 rings (SSSR count). The molecule has 2 N–H and O–H groups in total. The molecule has 0 aromatic heterocycles. The number of rotatable bonds is 5. The highest BCUT2D eigenvalue weighted by atomic mass is 19.4. The number of carbonyl (C=O) groups is 2. The molecule has 14 heteroatoms. The van der Waals surface area contributed by atoms with Crippen LogP contribution in [0.2, 0.25) is 0 Å². The van der Waals surface area contributed by atoms with Crippen LogP contribution < -0.4 is 5.32 Å². The van der Waals surface area contributed by atoms with Crippen LogP contribution in [0, 0.1) is 5.41 Å². The van der Waals surface area contributed by atoms with Crippen molar-refractivity contribution in [1.82, 2.24) is 20.0 Å². The van der Waals surface area contributed by atoms with Crippen LogP contribution >= 0.6 is 0 Å². The predicted molar refractivity (Wildman–Crippen MR) is 130 cm³/mol. The summed E-state index contributed by atoms with van der Waals surface area (Å²) < 4.78 is 78.9. The van der Waals surface area contributed by atoms with Crippen LogP contribution in [0.1, 0.15) is 43.4 Å². The van der Waals surface area contributed by atoms with Crippen LogP contribution in [0.25, 0.3) is 0 Å². The van der Waals surface area contributed by atoms with Gasteiger partial charge in [0, 0.05) is 44.5 Å². The number of likely N-dealkylation sites (N-methyl/N-ethyl adjacent to an activating group) is 1. The third-order valence-electron chi connectivity index (χ3n) is 6.32. The Bertz CT molecular complexity index is 981.